The summed E-state index contributed by atoms with van der Waals surface area (Å²) in [5, 5.41) is 0. The summed E-state index contributed by atoms with van der Waals surface area (Å²) in [6, 6.07) is 11.9. The zero-order chi connectivity index (χ0) is 13.1. The van der Waals surface area contributed by atoms with Crippen molar-refractivity contribution in [2.75, 3.05) is 6.54 Å². The van der Waals surface area contributed by atoms with Crippen LogP contribution in [0.3, 0.4) is 0 Å². The minimum atomic E-state index is 0.0332. The Hall–Kier alpha value is -2.29. The van der Waals surface area contributed by atoms with Gasteiger partial charge in [0.25, 0.3) is 0 Å². The van der Waals surface area contributed by atoms with E-state index in [-0.39, 0.29) is 5.91 Å². The predicted molar refractivity (Wildman–Crippen MR) is 73.3 cm³/mol. The minimum Gasteiger partial charge on any atom is -0.465 e. The van der Waals surface area contributed by atoms with Crippen molar-refractivity contribution in [2.45, 2.75) is 13.0 Å². The first-order valence-electron chi connectivity index (χ1n) is 6.40. The van der Waals surface area contributed by atoms with Gasteiger partial charge in [-0.05, 0) is 35.8 Å². The quantitative estimate of drug-likeness (QED) is 0.771. The Morgan fingerprint density at radius 2 is 2.00 bits per heavy atom. The number of hydrogen-bond acceptors (Lipinski definition) is 2. The first-order valence-corrected chi connectivity index (χ1v) is 6.40. The lowest BCUT2D eigenvalue weighted by molar-refractivity contribution is -0.126. The SMILES string of the molecule is O=C(/C=C/c1ccco1)N1CCc2ccccc2C1. The maximum Gasteiger partial charge on any atom is 0.246 e. The van der Waals surface area contributed by atoms with Gasteiger partial charge in [-0.1, -0.05) is 24.3 Å². The molecule has 19 heavy (non-hydrogen) atoms. The van der Waals surface area contributed by atoms with E-state index in [0.717, 1.165) is 13.0 Å². The van der Waals surface area contributed by atoms with Gasteiger partial charge in [0, 0.05) is 19.2 Å². The molecular weight excluding hydrogens is 238 g/mol. The van der Waals surface area contributed by atoms with Crippen molar-refractivity contribution in [3.05, 3.63) is 65.6 Å². The Morgan fingerprint density at radius 1 is 1.16 bits per heavy atom. The summed E-state index contributed by atoms with van der Waals surface area (Å²) in [7, 11) is 0. The van der Waals surface area contributed by atoms with Gasteiger partial charge in [-0.3, -0.25) is 4.79 Å². The van der Waals surface area contributed by atoms with Crippen LogP contribution in [0.15, 0.2) is 53.2 Å². The van der Waals surface area contributed by atoms with E-state index < -0.39 is 0 Å². The molecule has 3 heteroatoms. The zero-order valence-corrected chi connectivity index (χ0v) is 10.6. The fourth-order valence-corrected chi connectivity index (χ4v) is 2.33. The molecule has 1 aromatic carbocycles. The highest BCUT2D eigenvalue weighted by molar-refractivity contribution is 5.91. The molecule has 0 bridgehead atoms. The standard InChI is InChI=1S/C16H15NO2/c18-16(8-7-15-6-3-11-19-15)17-10-9-13-4-1-2-5-14(13)12-17/h1-8,11H,9-10,12H2/b8-7+. The van der Waals surface area contributed by atoms with Crippen molar-refractivity contribution in [3.8, 4) is 0 Å². The van der Waals surface area contributed by atoms with E-state index in [1.165, 1.54) is 11.1 Å². The molecule has 0 N–H and O–H groups in total. The summed E-state index contributed by atoms with van der Waals surface area (Å²) in [5.74, 6) is 0.733. The smallest absolute Gasteiger partial charge is 0.246 e. The van der Waals surface area contributed by atoms with Crippen molar-refractivity contribution in [2.24, 2.45) is 0 Å². The molecule has 3 rings (SSSR count). The topological polar surface area (TPSA) is 33.5 Å². The molecule has 0 spiro atoms. The van der Waals surface area contributed by atoms with Crippen molar-refractivity contribution in [1.29, 1.82) is 0 Å². The van der Waals surface area contributed by atoms with Crippen LogP contribution in [-0.2, 0) is 17.8 Å². The van der Waals surface area contributed by atoms with Gasteiger partial charge in [0.2, 0.25) is 5.91 Å². The minimum absolute atomic E-state index is 0.0332. The summed E-state index contributed by atoms with van der Waals surface area (Å²) >= 11 is 0. The van der Waals surface area contributed by atoms with Crippen LogP contribution in [0, 0.1) is 0 Å². The number of hydrogen-bond donors (Lipinski definition) is 0. The number of rotatable bonds is 2. The summed E-state index contributed by atoms with van der Waals surface area (Å²) in [6.45, 7) is 1.47. The van der Waals surface area contributed by atoms with Crippen LogP contribution in [0.4, 0.5) is 0 Å². The van der Waals surface area contributed by atoms with Gasteiger partial charge in [-0.25, -0.2) is 0 Å². The highest BCUT2D eigenvalue weighted by atomic mass is 16.3. The van der Waals surface area contributed by atoms with E-state index in [0.29, 0.717) is 12.3 Å². The molecule has 0 aliphatic carbocycles. The van der Waals surface area contributed by atoms with Crippen molar-refractivity contribution in [1.82, 2.24) is 4.90 Å². The number of carbonyl (C=O) groups excluding carboxylic acids is 1. The van der Waals surface area contributed by atoms with Gasteiger partial charge in [0.1, 0.15) is 5.76 Å². The molecule has 1 aliphatic heterocycles. The molecule has 0 saturated carbocycles. The number of furan rings is 1. The molecule has 3 nitrogen and oxygen atoms in total. The van der Waals surface area contributed by atoms with Gasteiger partial charge < -0.3 is 9.32 Å². The normalized spacial score (nSPS) is 14.6. The van der Waals surface area contributed by atoms with E-state index in [2.05, 4.69) is 12.1 Å². The third-order valence-electron chi connectivity index (χ3n) is 3.38. The average molecular weight is 253 g/mol. The lowest BCUT2D eigenvalue weighted by atomic mass is 10.00. The molecular formula is C16H15NO2. The molecule has 1 aromatic heterocycles. The molecule has 0 unspecified atom stereocenters. The van der Waals surface area contributed by atoms with Crippen LogP contribution in [-0.4, -0.2) is 17.4 Å². The van der Waals surface area contributed by atoms with Crippen molar-refractivity contribution < 1.29 is 9.21 Å². The molecule has 0 atom stereocenters. The third kappa shape index (κ3) is 2.60. The molecule has 2 heterocycles. The van der Waals surface area contributed by atoms with Crippen LogP contribution < -0.4 is 0 Å². The van der Waals surface area contributed by atoms with E-state index in [1.807, 2.05) is 23.1 Å². The van der Waals surface area contributed by atoms with Crippen LogP contribution in [0.1, 0.15) is 16.9 Å². The van der Waals surface area contributed by atoms with Crippen LogP contribution in [0.5, 0.6) is 0 Å². The van der Waals surface area contributed by atoms with Crippen molar-refractivity contribution in [3.63, 3.8) is 0 Å². The number of amides is 1. The van der Waals surface area contributed by atoms with E-state index in [4.69, 9.17) is 4.42 Å². The van der Waals surface area contributed by atoms with E-state index in [1.54, 1.807) is 24.5 Å². The maximum absolute atomic E-state index is 12.1. The highest BCUT2D eigenvalue weighted by Gasteiger charge is 2.18. The Balaban J connectivity index is 1.69. The highest BCUT2D eigenvalue weighted by Crippen LogP contribution is 2.18. The van der Waals surface area contributed by atoms with Gasteiger partial charge in [-0.15, -0.1) is 0 Å². The van der Waals surface area contributed by atoms with Gasteiger partial charge in [-0.2, -0.15) is 0 Å². The monoisotopic (exact) mass is 253 g/mol. The Morgan fingerprint density at radius 3 is 2.79 bits per heavy atom. The summed E-state index contributed by atoms with van der Waals surface area (Å²) in [6.07, 6.45) is 5.81. The van der Waals surface area contributed by atoms with Crippen LogP contribution in [0.25, 0.3) is 6.08 Å². The first-order chi connectivity index (χ1) is 9.33. The van der Waals surface area contributed by atoms with Gasteiger partial charge >= 0.3 is 0 Å². The molecule has 0 saturated heterocycles. The largest absolute Gasteiger partial charge is 0.465 e. The molecule has 0 radical (unpaired) electrons. The predicted octanol–water partition coefficient (Wildman–Crippen LogP) is 2.88. The summed E-state index contributed by atoms with van der Waals surface area (Å²) < 4.78 is 5.17. The third-order valence-corrected chi connectivity index (χ3v) is 3.38. The van der Waals surface area contributed by atoms with E-state index in [9.17, 15) is 4.79 Å². The number of carbonyl (C=O) groups is 1. The second-order valence-corrected chi connectivity index (χ2v) is 4.63. The second-order valence-electron chi connectivity index (χ2n) is 4.63. The Bertz CT molecular complexity index is 599. The molecule has 2 aromatic rings. The molecule has 96 valence electrons. The number of nitrogens with zero attached hydrogens (tertiary/aromatic N) is 1. The first kappa shape index (κ1) is 11.8. The fraction of sp³-hybridized carbons (Fsp3) is 0.188. The number of fused-ring (bicyclic) bond motifs is 1. The maximum atomic E-state index is 12.1. The molecule has 1 aliphatic rings. The van der Waals surface area contributed by atoms with E-state index >= 15 is 0 Å². The molecule has 1 amide bonds. The summed E-state index contributed by atoms with van der Waals surface area (Å²) in [5.41, 5.74) is 2.59. The molecule has 0 fully saturated rings. The Kier molecular flexibility index (Phi) is 3.19. The zero-order valence-electron chi connectivity index (χ0n) is 10.6. The lowest BCUT2D eigenvalue weighted by Crippen LogP contribution is -2.34. The second kappa shape index (κ2) is 5.14. The number of benzene rings is 1. The van der Waals surface area contributed by atoms with Crippen LogP contribution in [0.2, 0.25) is 0 Å². The Labute approximate surface area is 112 Å². The lowest BCUT2D eigenvalue weighted by Gasteiger charge is -2.27. The fourth-order valence-electron chi connectivity index (χ4n) is 2.33. The van der Waals surface area contributed by atoms with Crippen LogP contribution >= 0.6 is 0 Å². The van der Waals surface area contributed by atoms with Gasteiger partial charge in [0.15, 0.2) is 0 Å². The van der Waals surface area contributed by atoms with Gasteiger partial charge in [0.05, 0.1) is 6.26 Å². The van der Waals surface area contributed by atoms with Crippen molar-refractivity contribution >= 4 is 12.0 Å². The summed E-state index contributed by atoms with van der Waals surface area (Å²) in [4.78, 5) is 14.0. The average Bonchev–Trinajstić information content (AvgIpc) is 2.97.